The van der Waals surface area contributed by atoms with Crippen LogP contribution >= 0.6 is 23.2 Å². The van der Waals surface area contributed by atoms with E-state index in [9.17, 15) is 14.7 Å². The molecule has 0 aromatic heterocycles. The van der Waals surface area contributed by atoms with Crippen LogP contribution in [0.4, 0.5) is 0 Å². The van der Waals surface area contributed by atoms with Crippen molar-refractivity contribution in [3.8, 4) is 5.75 Å². The Morgan fingerprint density at radius 3 is 2.56 bits per heavy atom. The van der Waals surface area contributed by atoms with Gasteiger partial charge in [0.15, 0.2) is 0 Å². The SMILES string of the molecule is COc1ccc(/C(O)=C2\C(=O)C(=O)N(CCCN3CCOCC3)[C@@H]2c2cccc(Cl)c2)cc1Cl. The predicted molar refractivity (Wildman–Crippen MR) is 130 cm³/mol. The summed E-state index contributed by atoms with van der Waals surface area (Å²) < 4.78 is 10.6. The van der Waals surface area contributed by atoms with Crippen molar-refractivity contribution in [3.05, 3.63) is 69.2 Å². The molecule has 1 N–H and O–H groups in total. The number of carbonyl (C=O) groups excluding carboxylic acids is 2. The van der Waals surface area contributed by atoms with Crippen molar-refractivity contribution in [3.63, 3.8) is 0 Å². The Labute approximate surface area is 208 Å². The van der Waals surface area contributed by atoms with Gasteiger partial charge in [0.25, 0.3) is 11.7 Å². The highest BCUT2D eigenvalue weighted by molar-refractivity contribution is 6.46. The van der Waals surface area contributed by atoms with E-state index < -0.39 is 17.7 Å². The molecule has 34 heavy (non-hydrogen) atoms. The highest BCUT2D eigenvalue weighted by atomic mass is 35.5. The summed E-state index contributed by atoms with van der Waals surface area (Å²) in [7, 11) is 1.49. The fourth-order valence-corrected chi connectivity index (χ4v) is 4.85. The van der Waals surface area contributed by atoms with Gasteiger partial charge in [0, 0.05) is 36.8 Å². The molecule has 180 valence electrons. The fraction of sp³-hybridized carbons (Fsp3) is 0.360. The molecule has 0 saturated carbocycles. The van der Waals surface area contributed by atoms with E-state index in [0.717, 1.165) is 19.6 Å². The Kier molecular flexibility index (Phi) is 7.78. The maximum Gasteiger partial charge on any atom is 0.295 e. The first-order valence-electron chi connectivity index (χ1n) is 11.1. The average Bonchev–Trinajstić information content (AvgIpc) is 3.09. The van der Waals surface area contributed by atoms with Crippen LogP contribution in [0.5, 0.6) is 5.75 Å². The van der Waals surface area contributed by atoms with Crippen molar-refractivity contribution in [2.45, 2.75) is 12.5 Å². The monoisotopic (exact) mass is 504 g/mol. The fourth-order valence-electron chi connectivity index (χ4n) is 4.39. The van der Waals surface area contributed by atoms with Crippen LogP contribution in [-0.2, 0) is 14.3 Å². The minimum Gasteiger partial charge on any atom is -0.507 e. The lowest BCUT2D eigenvalue weighted by Crippen LogP contribution is -2.38. The zero-order chi connectivity index (χ0) is 24.2. The van der Waals surface area contributed by atoms with Crippen LogP contribution in [0, 0.1) is 0 Å². The largest absolute Gasteiger partial charge is 0.507 e. The van der Waals surface area contributed by atoms with Gasteiger partial charge in [0.2, 0.25) is 0 Å². The third kappa shape index (κ3) is 5.08. The molecule has 0 unspecified atom stereocenters. The number of rotatable bonds is 7. The van der Waals surface area contributed by atoms with Crippen LogP contribution in [0.15, 0.2) is 48.0 Å². The quantitative estimate of drug-likeness (QED) is 0.346. The lowest BCUT2D eigenvalue weighted by molar-refractivity contribution is -0.140. The van der Waals surface area contributed by atoms with Gasteiger partial charge in [0.1, 0.15) is 11.5 Å². The molecule has 1 atom stereocenters. The number of hydrogen-bond acceptors (Lipinski definition) is 6. The number of Topliss-reactive ketones (excluding diaryl/α,β-unsaturated/α-hetero) is 1. The molecular formula is C25H26Cl2N2O5. The van der Waals surface area contributed by atoms with E-state index in [-0.39, 0.29) is 16.4 Å². The lowest BCUT2D eigenvalue weighted by atomic mass is 9.95. The number of ether oxygens (including phenoxy) is 2. The van der Waals surface area contributed by atoms with Crippen LogP contribution < -0.4 is 4.74 Å². The van der Waals surface area contributed by atoms with Crippen LogP contribution in [0.25, 0.3) is 5.76 Å². The van der Waals surface area contributed by atoms with Crippen LogP contribution in [0.2, 0.25) is 10.0 Å². The highest BCUT2D eigenvalue weighted by Gasteiger charge is 2.45. The van der Waals surface area contributed by atoms with Crippen LogP contribution in [0.1, 0.15) is 23.6 Å². The van der Waals surface area contributed by atoms with Crippen LogP contribution in [0.3, 0.4) is 0 Å². The second-order valence-electron chi connectivity index (χ2n) is 8.20. The topological polar surface area (TPSA) is 79.3 Å². The van der Waals surface area contributed by atoms with E-state index in [1.165, 1.54) is 18.1 Å². The molecule has 0 spiro atoms. The molecule has 2 fully saturated rings. The normalized spacial score (nSPS) is 20.7. The maximum absolute atomic E-state index is 13.1. The standard InChI is InChI=1S/C25H26Cl2N2O5/c1-33-20-7-6-17(15-19(20)27)23(30)21-22(16-4-2-5-18(26)14-16)29(25(32)24(21)31)9-3-8-28-10-12-34-13-11-28/h2,4-7,14-15,22,30H,3,8-13H2,1H3/b23-21+/t22-/m1/s1. The van der Waals surface area contributed by atoms with Gasteiger partial charge >= 0.3 is 0 Å². The number of aliphatic hydroxyl groups excluding tert-OH is 1. The minimum atomic E-state index is -0.760. The second kappa shape index (κ2) is 10.8. The van der Waals surface area contributed by atoms with E-state index >= 15 is 0 Å². The number of ketones is 1. The number of halogens is 2. The van der Waals surface area contributed by atoms with E-state index in [1.54, 1.807) is 36.4 Å². The molecule has 9 heteroatoms. The minimum absolute atomic E-state index is 0.0138. The number of carbonyl (C=O) groups is 2. The summed E-state index contributed by atoms with van der Waals surface area (Å²) in [5, 5.41) is 11.9. The van der Waals surface area contributed by atoms with Gasteiger partial charge in [-0.3, -0.25) is 14.5 Å². The van der Waals surface area contributed by atoms with E-state index in [4.69, 9.17) is 32.7 Å². The molecule has 0 aliphatic carbocycles. The first kappa shape index (κ1) is 24.5. The van der Waals surface area contributed by atoms with Gasteiger partial charge in [-0.05, 0) is 42.3 Å². The summed E-state index contributed by atoms with van der Waals surface area (Å²) in [6.07, 6.45) is 0.679. The third-order valence-corrected chi connectivity index (χ3v) is 6.64. The van der Waals surface area contributed by atoms with Gasteiger partial charge < -0.3 is 19.5 Å². The summed E-state index contributed by atoms with van der Waals surface area (Å²) in [5.41, 5.74) is 0.989. The number of benzene rings is 2. The molecule has 0 radical (unpaired) electrons. The Bertz CT molecular complexity index is 1110. The van der Waals surface area contributed by atoms with Gasteiger partial charge in [-0.2, -0.15) is 0 Å². The lowest BCUT2D eigenvalue weighted by Gasteiger charge is -2.29. The highest BCUT2D eigenvalue weighted by Crippen LogP contribution is 2.40. The number of morpholine rings is 1. The Balaban J connectivity index is 1.69. The summed E-state index contributed by atoms with van der Waals surface area (Å²) in [6.45, 7) is 4.21. The van der Waals surface area contributed by atoms with Crippen molar-refractivity contribution in [1.29, 1.82) is 0 Å². The Morgan fingerprint density at radius 2 is 1.88 bits per heavy atom. The summed E-state index contributed by atoms with van der Waals surface area (Å²) in [5.74, 6) is -1.23. The van der Waals surface area contributed by atoms with Crippen LogP contribution in [-0.4, -0.2) is 73.1 Å². The van der Waals surface area contributed by atoms with Gasteiger partial charge in [-0.25, -0.2) is 0 Å². The van der Waals surface area contributed by atoms with Crippen molar-refractivity contribution < 1.29 is 24.2 Å². The second-order valence-corrected chi connectivity index (χ2v) is 9.05. The first-order chi connectivity index (χ1) is 16.4. The molecule has 2 aliphatic heterocycles. The molecule has 2 saturated heterocycles. The number of nitrogens with zero attached hydrogens (tertiary/aromatic N) is 2. The van der Waals surface area contributed by atoms with Gasteiger partial charge in [-0.1, -0.05) is 35.3 Å². The molecule has 4 rings (SSSR count). The number of hydrogen-bond donors (Lipinski definition) is 1. The van der Waals surface area contributed by atoms with E-state index in [0.29, 0.717) is 48.1 Å². The zero-order valence-corrected chi connectivity index (χ0v) is 20.3. The zero-order valence-electron chi connectivity index (χ0n) is 18.8. The van der Waals surface area contributed by atoms with Crippen molar-refractivity contribution in [1.82, 2.24) is 9.80 Å². The number of methoxy groups -OCH3 is 1. The molecule has 1 amide bonds. The Hall–Kier alpha value is -2.58. The van der Waals surface area contributed by atoms with Gasteiger partial charge in [0.05, 0.1) is 37.0 Å². The molecule has 2 aromatic rings. The summed E-state index contributed by atoms with van der Waals surface area (Å²) in [6, 6.07) is 10.9. The van der Waals surface area contributed by atoms with Crippen molar-refractivity contribution >= 4 is 40.7 Å². The van der Waals surface area contributed by atoms with Crippen molar-refractivity contribution in [2.24, 2.45) is 0 Å². The molecule has 2 aromatic carbocycles. The first-order valence-corrected chi connectivity index (χ1v) is 11.8. The van der Waals surface area contributed by atoms with E-state index in [1.807, 2.05) is 0 Å². The van der Waals surface area contributed by atoms with Crippen molar-refractivity contribution in [2.75, 3.05) is 46.5 Å². The van der Waals surface area contributed by atoms with E-state index in [2.05, 4.69) is 4.90 Å². The number of amides is 1. The Morgan fingerprint density at radius 1 is 1.12 bits per heavy atom. The van der Waals surface area contributed by atoms with Gasteiger partial charge in [-0.15, -0.1) is 0 Å². The molecular weight excluding hydrogens is 479 g/mol. The predicted octanol–water partition coefficient (Wildman–Crippen LogP) is 4.15. The molecule has 0 bridgehead atoms. The molecule has 7 nitrogen and oxygen atoms in total. The number of aliphatic hydroxyl groups is 1. The third-order valence-electron chi connectivity index (χ3n) is 6.11. The summed E-state index contributed by atoms with van der Waals surface area (Å²) in [4.78, 5) is 30.0. The number of likely N-dealkylation sites (tertiary alicyclic amines) is 1. The molecule has 2 heterocycles. The summed E-state index contributed by atoms with van der Waals surface area (Å²) >= 11 is 12.5. The maximum atomic E-state index is 13.1. The molecule has 2 aliphatic rings. The smallest absolute Gasteiger partial charge is 0.295 e. The average molecular weight is 505 g/mol.